The molecule has 0 saturated carbocycles. The van der Waals surface area contributed by atoms with Crippen molar-refractivity contribution in [3.05, 3.63) is 0 Å². The lowest BCUT2D eigenvalue weighted by molar-refractivity contribution is -0.141. The minimum Gasteiger partial charge on any atom is -0.481 e. The van der Waals surface area contributed by atoms with Gasteiger partial charge in [-0.15, -0.1) is 0 Å². The first-order valence-corrected chi connectivity index (χ1v) is 10.4. The number of carbonyl (C=O) groups is 6. The van der Waals surface area contributed by atoms with Gasteiger partial charge >= 0.3 is 11.9 Å². The number of primary amides is 1. The summed E-state index contributed by atoms with van der Waals surface area (Å²) in [6.07, 6.45) is -1.05. The van der Waals surface area contributed by atoms with Gasteiger partial charge in [-0.2, -0.15) is 12.6 Å². The van der Waals surface area contributed by atoms with Crippen LogP contribution >= 0.6 is 12.6 Å². The van der Waals surface area contributed by atoms with Gasteiger partial charge < -0.3 is 37.6 Å². The molecule has 0 aliphatic rings. The number of carboxylic acid groups (broad SMARTS) is 2. The van der Waals surface area contributed by atoms with Crippen LogP contribution in [0.2, 0.25) is 0 Å². The minimum absolute atomic E-state index is 0.0759. The standard InChI is InChI=1S/C18H31N5O8S/c1-8(2)5-11(17(29)23-12(7-32)18(30)31)22-16(28)10(3-4-13(20)24)21-15(27)9(19)6-14(25)26/h8-12,32H,3-7,19H2,1-2H3,(H2,20,24)(H,21,27)(H,22,28)(H,23,29)(H,25,26)(H,30,31). The maximum Gasteiger partial charge on any atom is 0.327 e. The molecule has 14 heteroatoms. The molecular formula is C18H31N5O8S. The van der Waals surface area contributed by atoms with E-state index in [0.717, 1.165) is 0 Å². The highest BCUT2D eigenvalue weighted by atomic mass is 32.1. The van der Waals surface area contributed by atoms with E-state index in [-0.39, 0.29) is 30.9 Å². The summed E-state index contributed by atoms with van der Waals surface area (Å²) >= 11 is 3.87. The summed E-state index contributed by atoms with van der Waals surface area (Å²) in [5.41, 5.74) is 10.6. The Labute approximate surface area is 190 Å². The van der Waals surface area contributed by atoms with Gasteiger partial charge in [0.15, 0.2) is 0 Å². The van der Waals surface area contributed by atoms with Crippen molar-refractivity contribution in [2.24, 2.45) is 17.4 Å². The molecule has 0 spiro atoms. The Bertz CT molecular complexity index is 717. The summed E-state index contributed by atoms with van der Waals surface area (Å²) in [6, 6.07) is -5.21. The van der Waals surface area contributed by atoms with Crippen molar-refractivity contribution in [3.63, 3.8) is 0 Å². The van der Waals surface area contributed by atoms with Gasteiger partial charge in [-0.3, -0.25) is 24.0 Å². The van der Waals surface area contributed by atoms with Crippen molar-refractivity contribution in [2.45, 2.75) is 63.7 Å². The molecule has 4 amide bonds. The maximum absolute atomic E-state index is 12.8. The van der Waals surface area contributed by atoms with Gasteiger partial charge in [0.25, 0.3) is 0 Å². The van der Waals surface area contributed by atoms with Crippen LogP contribution in [-0.4, -0.2) is 75.7 Å². The first kappa shape index (κ1) is 29.1. The fourth-order valence-corrected chi connectivity index (χ4v) is 2.80. The summed E-state index contributed by atoms with van der Waals surface area (Å²) in [6.45, 7) is 3.55. The molecule has 4 atom stereocenters. The quantitative estimate of drug-likeness (QED) is 0.117. The number of nitrogens with one attached hydrogen (secondary N) is 3. The fourth-order valence-electron chi connectivity index (χ4n) is 2.55. The lowest BCUT2D eigenvalue weighted by Gasteiger charge is -2.25. The zero-order valence-electron chi connectivity index (χ0n) is 17.9. The number of amides is 4. The van der Waals surface area contributed by atoms with Crippen molar-refractivity contribution in [3.8, 4) is 0 Å². The first-order valence-electron chi connectivity index (χ1n) is 9.78. The molecule has 13 nitrogen and oxygen atoms in total. The zero-order valence-corrected chi connectivity index (χ0v) is 18.8. The number of nitrogens with two attached hydrogens (primary N) is 2. The molecule has 0 radical (unpaired) electrons. The number of carbonyl (C=O) groups excluding carboxylic acids is 4. The van der Waals surface area contributed by atoms with Crippen molar-refractivity contribution in [1.29, 1.82) is 0 Å². The van der Waals surface area contributed by atoms with Crippen LogP contribution in [-0.2, 0) is 28.8 Å². The Morgan fingerprint density at radius 1 is 0.875 bits per heavy atom. The van der Waals surface area contributed by atoms with E-state index in [4.69, 9.17) is 21.7 Å². The second-order valence-corrected chi connectivity index (χ2v) is 7.91. The molecule has 9 N–H and O–H groups in total. The van der Waals surface area contributed by atoms with Crippen LogP contribution in [0.4, 0.5) is 0 Å². The van der Waals surface area contributed by atoms with Crippen LogP contribution in [0.25, 0.3) is 0 Å². The lowest BCUT2D eigenvalue weighted by Crippen LogP contribution is -2.57. The first-order chi connectivity index (χ1) is 14.8. The molecular weight excluding hydrogens is 446 g/mol. The number of thiol groups is 1. The van der Waals surface area contributed by atoms with Gasteiger partial charge in [-0.05, 0) is 18.8 Å². The van der Waals surface area contributed by atoms with E-state index in [2.05, 4.69) is 28.6 Å². The molecule has 32 heavy (non-hydrogen) atoms. The van der Waals surface area contributed by atoms with Crippen molar-refractivity contribution < 1.29 is 39.0 Å². The SMILES string of the molecule is CC(C)CC(NC(=O)C(CCC(N)=O)NC(=O)C(N)CC(=O)O)C(=O)NC(CS)C(=O)O. The van der Waals surface area contributed by atoms with E-state index >= 15 is 0 Å². The van der Waals surface area contributed by atoms with Crippen LogP contribution in [0, 0.1) is 5.92 Å². The average Bonchev–Trinajstić information content (AvgIpc) is 2.66. The third kappa shape index (κ3) is 11.5. The molecule has 0 fully saturated rings. The second-order valence-electron chi connectivity index (χ2n) is 7.54. The average molecular weight is 478 g/mol. The van der Waals surface area contributed by atoms with E-state index in [1.54, 1.807) is 13.8 Å². The van der Waals surface area contributed by atoms with E-state index in [1.807, 2.05) is 0 Å². The molecule has 0 bridgehead atoms. The van der Waals surface area contributed by atoms with Crippen molar-refractivity contribution in [2.75, 3.05) is 5.75 Å². The van der Waals surface area contributed by atoms with Crippen LogP contribution in [0.15, 0.2) is 0 Å². The Hall–Kier alpha value is -2.87. The topological polar surface area (TPSA) is 231 Å². The summed E-state index contributed by atoms with van der Waals surface area (Å²) < 4.78 is 0. The Kier molecular flexibility index (Phi) is 13.0. The lowest BCUT2D eigenvalue weighted by atomic mass is 10.0. The Morgan fingerprint density at radius 3 is 1.81 bits per heavy atom. The number of aliphatic carboxylic acids is 2. The number of hydrogen-bond acceptors (Lipinski definition) is 8. The normalized spacial score (nSPS) is 14.5. The summed E-state index contributed by atoms with van der Waals surface area (Å²) in [5, 5.41) is 24.8. The largest absolute Gasteiger partial charge is 0.481 e. The Morgan fingerprint density at radius 2 is 1.38 bits per heavy atom. The minimum atomic E-state index is -1.45. The summed E-state index contributed by atoms with van der Waals surface area (Å²) in [5.74, 6) is -6.19. The highest BCUT2D eigenvalue weighted by molar-refractivity contribution is 7.80. The number of hydrogen-bond donors (Lipinski definition) is 8. The van der Waals surface area contributed by atoms with E-state index in [9.17, 15) is 28.8 Å². The van der Waals surface area contributed by atoms with E-state index in [0.29, 0.717) is 0 Å². The van der Waals surface area contributed by atoms with E-state index in [1.165, 1.54) is 0 Å². The number of carboxylic acids is 2. The van der Waals surface area contributed by atoms with Crippen LogP contribution in [0.3, 0.4) is 0 Å². The third-order valence-electron chi connectivity index (χ3n) is 4.18. The summed E-state index contributed by atoms with van der Waals surface area (Å²) in [7, 11) is 0. The summed E-state index contributed by atoms with van der Waals surface area (Å²) in [4.78, 5) is 70.5. The van der Waals surface area contributed by atoms with Gasteiger partial charge in [-0.1, -0.05) is 13.8 Å². The molecule has 0 aromatic heterocycles. The molecule has 0 rings (SSSR count). The van der Waals surface area contributed by atoms with Gasteiger partial charge in [0, 0.05) is 12.2 Å². The van der Waals surface area contributed by atoms with Crippen LogP contribution in [0.5, 0.6) is 0 Å². The smallest absolute Gasteiger partial charge is 0.327 e. The molecule has 0 aromatic carbocycles. The zero-order chi connectivity index (χ0) is 25.0. The molecule has 0 heterocycles. The fraction of sp³-hybridized carbons (Fsp3) is 0.667. The highest BCUT2D eigenvalue weighted by Crippen LogP contribution is 2.08. The number of rotatable bonds is 15. The van der Waals surface area contributed by atoms with Gasteiger partial charge in [0.05, 0.1) is 12.5 Å². The monoisotopic (exact) mass is 477 g/mol. The molecule has 182 valence electrons. The van der Waals surface area contributed by atoms with Gasteiger partial charge in [-0.25, -0.2) is 4.79 Å². The van der Waals surface area contributed by atoms with E-state index < -0.39 is 66.2 Å². The van der Waals surface area contributed by atoms with Gasteiger partial charge in [0.2, 0.25) is 23.6 Å². The molecule has 0 saturated heterocycles. The molecule has 4 unspecified atom stereocenters. The third-order valence-corrected chi connectivity index (χ3v) is 4.55. The molecule has 0 aromatic rings. The van der Waals surface area contributed by atoms with Crippen molar-refractivity contribution >= 4 is 48.2 Å². The highest BCUT2D eigenvalue weighted by Gasteiger charge is 2.30. The van der Waals surface area contributed by atoms with Gasteiger partial charge in [0.1, 0.15) is 18.1 Å². The Balaban J connectivity index is 5.49. The molecule has 0 aliphatic carbocycles. The van der Waals surface area contributed by atoms with Crippen LogP contribution < -0.4 is 27.4 Å². The van der Waals surface area contributed by atoms with Crippen molar-refractivity contribution in [1.82, 2.24) is 16.0 Å². The molecule has 0 aliphatic heterocycles. The maximum atomic E-state index is 12.8. The predicted molar refractivity (Wildman–Crippen MR) is 115 cm³/mol. The predicted octanol–water partition coefficient (Wildman–Crippen LogP) is -2.43. The second kappa shape index (κ2) is 14.2. The van der Waals surface area contributed by atoms with Crippen LogP contribution in [0.1, 0.15) is 39.5 Å².